The van der Waals surface area contributed by atoms with Crippen LogP contribution < -0.4 is 5.32 Å². The standard InChI is InChI=1S/C20H28N4OS/c1-13(2)24-14(3)12-16(15(24)4)19-18(17-8-5-6-9-21-17)22-20(26)23(19)10-7-11-25/h5-6,8-9,12-13,18-19,25H,7,10-11H2,1-4H3,(H,22,26)/t18-,19-/m1/s1. The second kappa shape index (κ2) is 7.76. The van der Waals surface area contributed by atoms with Crippen LogP contribution in [-0.4, -0.2) is 37.8 Å². The van der Waals surface area contributed by atoms with Crippen LogP contribution in [0.15, 0.2) is 30.5 Å². The van der Waals surface area contributed by atoms with Gasteiger partial charge in [0.2, 0.25) is 0 Å². The SMILES string of the molecule is Cc1cc([C@@H]2[C@@H](c3ccccn3)NC(=S)N2CCCO)c(C)n1C(C)C. The van der Waals surface area contributed by atoms with Gasteiger partial charge in [0.1, 0.15) is 0 Å². The summed E-state index contributed by atoms with van der Waals surface area (Å²) in [7, 11) is 0. The maximum atomic E-state index is 9.32. The molecule has 0 radical (unpaired) electrons. The number of hydrogen-bond donors (Lipinski definition) is 2. The third-order valence-corrected chi connectivity index (χ3v) is 5.47. The topological polar surface area (TPSA) is 53.3 Å². The molecule has 1 aliphatic heterocycles. The lowest BCUT2D eigenvalue weighted by Crippen LogP contribution is -2.31. The van der Waals surface area contributed by atoms with E-state index in [0.717, 1.165) is 17.4 Å². The first-order chi connectivity index (χ1) is 12.5. The Morgan fingerprint density at radius 2 is 2.08 bits per heavy atom. The number of nitrogens with one attached hydrogen (secondary N) is 1. The van der Waals surface area contributed by atoms with Crippen molar-refractivity contribution in [2.75, 3.05) is 13.2 Å². The number of hydrogen-bond acceptors (Lipinski definition) is 3. The zero-order valence-electron chi connectivity index (χ0n) is 15.9. The van der Waals surface area contributed by atoms with E-state index in [1.165, 1.54) is 17.0 Å². The van der Waals surface area contributed by atoms with E-state index in [1.54, 1.807) is 0 Å². The molecule has 26 heavy (non-hydrogen) atoms. The number of aliphatic hydroxyl groups is 1. The van der Waals surface area contributed by atoms with Gasteiger partial charge in [0, 0.05) is 36.8 Å². The molecule has 0 spiro atoms. The highest BCUT2D eigenvalue weighted by Crippen LogP contribution is 2.41. The molecule has 6 heteroatoms. The zero-order chi connectivity index (χ0) is 18.8. The maximum absolute atomic E-state index is 9.32. The van der Waals surface area contributed by atoms with Gasteiger partial charge in [-0.1, -0.05) is 6.07 Å². The molecule has 0 unspecified atom stereocenters. The Kier molecular flexibility index (Phi) is 5.63. The van der Waals surface area contributed by atoms with Crippen molar-refractivity contribution < 1.29 is 5.11 Å². The van der Waals surface area contributed by atoms with E-state index in [9.17, 15) is 5.11 Å². The molecule has 2 aromatic rings. The Balaban J connectivity index is 2.08. The van der Waals surface area contributed by atoms with Gasteiger partial charge in [-0.3, -0.25) is 4.98 Å². The Labute approximate surface area is 161 Å². The van der Waals surface area contributed by atoms with Gasteiger partial charge < -0.3 is 19.9 Å². The van der Waals surface area contributed by atoms with E-state index >= 15 is 0 Å². The summed E-state index contributed by atoms with van der Waals surface area (Å²) in [5.41, 5.74) is 4.79. The van der Waals surface area contributed by atoms with Gasteiger partial charge in [-0.15, -0.1) is 0 Å². The van der Waals surface area contributed by atoms with Gasteiger partial charge in [0.05, 0.1) is 17.8 Å². The molecule has 3 rings (SSSR count). The Morgan fingerprint density at radius 3 is 2.65 bits per heavy atom. The average Bonchev–Trinajstić information content (AvgIpc) is 3.09. The van der Waals surface area contributed by atoms with Crippen molar-refractivity contribution in [3.8, 4) is 0 Å². The summed E-state index contributed by atoms with van der Waals surface area (Å²) in [5, 5.41) is 13.5. The molecular weight excluding hydrogens is 344 g/mol. The van der Waals surface area contributed by atoms with Gasteiger partial charge in [-0.2, -0.15) is 0 Å². The van der Waals surface area contributed by atoms with Crippen molar-refractivity contribution in [1.29, 1.82) is 0 Å². The van der Waals surface area contributed by atoms with Gasteiger partial charge in [0.25, 0.3) is 0 Å². The highest BCUT2D eigenvalue weighted by molar-refractivity contribution is 7.80. The van der Waals surface area contributed by atoms with Crippen LogP contribution in [0.25, 0.3) is 0 Å². The number of rotatable bonds is 6. The minimum absolute atomic E-state index is 0.00325. The maximum Gasteiger partial charge on any atom is 0.170 e. The summed E-state index contributed by atoms with van der Waals surface area (Å²) in [4.78, 5) is 6.78. The molecule has 0 aliphatic carbocycles. The minimum atomic E-state index is 0.00325. The number of aromatic nitrogens is 2. The number of aliphatic hydroxyl groups excluding tert-OH is 1. The first-order valence-electron chi connectivity index (χ1n) is 9.23. The molecule has 0 bridgehead atoms. The quantitative estimate of drug-likeness (QED) is 0.761. The first-order valence-corrected chi connectivity index (χ1v) is 9.63. The lowest BCUT2D eigenvalue weighted by molar-refractivity contribution is 0.247. The van der Waals surface area contributed by atoms with E-state index < -0.39 is 0 Å². The smallest absolute Gasteiger partial charge is 0.170 e. The van der Waals surface area contributed by atoms with Crippen molar-refractivity contribution in [3.05, 3.63) is 53.1 Å². The van der Waals surface area contributed by atoms with Gasteiger partial charge in [-0.05, 0) is 70.1 Å². The van der Waals surface area contributed by atoms with Crippen LogP contribution in [0.3, 0.4) is 0 Å². The number of aryl methyl sites for hydroxylation is 1. The monoisotopic (exact) mass is 372 g/mol. The largest absolute Gasteiger partial charge is 0.396 e. The molecule has 0 saturated carbocycles. The fourth-order valence-corrected chi connectivity index (χ4v) is 4.45. The second-order valence-corrected chi connectivity index (χ2v) is 7.57. The second-order valence-electron chi connectivity index (χ2n) is 7.19. The molecule has 3 heterocycles. The van der Waals surface area contributed by atoms with Crippen molar-refractivity contribution >= 4 is 17.3 Å². The Bertz CT molecular complexity index is 772. The van der Waals surface area contributed by atoms with Crippen molar-refractivity contribution in [3.63, 3.8) is 0 Å². The van der Waals surface area contributed by atoms with E-state index in [-0.39, 0.29) is 18.7 Å². The van der Waals surface area contributed by atoms with Gasteiger partial charge in [0.15, 0.2) is 5.11 Å². The number of thiocarbonyl (C=S) groups is 1. The summed E-state index contributed by atoms with van der Waals surface area (Å²) >= 11 is 5.64. The Hall–Kier alpha value is -1.92. The summed E-state index contributed by atoms with van der Waals surface area (Å²) in [6.45, 7) is 9.64. The van der Waals surface area contributed by atoms with Gasteiger partial charge in [-0.25, -0.2) is 0 Å². The summed E-state index contributed by atoms with van der Waals surface area (Å²) in [6, 6.07) is 8.75. The van der Waals surface area contributed by atoms with Crippen LogP contribution in [0, 0.1) is 13.8 Å². The molecule has 1 fully saturated rings. The van der Waals surface area contributed by atoms with Crippen LogP contribution in [-0.2, 0) is 0 Å². The van der Waals surface area contributed by atoms with Crippen LogP contribution >= 0.6 is 12.2 Å². The average molecular weight is 373 g/mol. The molecule has 2 aromatic heterocycles. The molecule has 1 aliphatic rings. The summed E-state index contributed by atoms with van der Waals surface area (Å²) in [5.74, 6) is 0. The fraction of sp³-hybridized carbons (Fsp3) is 0.500. The van der Waals surface area contributed by atoms with Crippen LogP contribution in [0.5, 0.6) is 0 Å². The normalized spacial score (nSPS) is 20.1. The molecule has 1 saturated heterocycles. The fourth-order valence-electron chi connectivity index (χ4n) is 4.12. The summed E-state index contributed by atoms with van der Waals surface area (Å²) in [6.07, 6.45) is 2.51. The molecule has 2 atom stereocenters. The number of pyridine rings is 1. The van der Waals surface area contributed by atoms with E-state index in [0.29, 0.717) is 12.5 Å². The lowest BCUT2D eigenvalue weighted by atomic mass is 9.96. The first kappa shape index (κ1) is 18.9. The third kappa shape index (κ3) is 3.35. The highest BCUT2D eigenvalue weighted by Gasteiger charge is 2.41. The molecule has 0 amide bonds. The molecule has 5 nitrogen and oxygen atoms in total. The molecular formula is C20H28N4OS. The Morgan fingerprint density at radius 1 is 1.31 bits per heavy atom. The van der Waals surface area contributed by atoms with Crippen molar-refractivity contribution in [2.45, 2.75) is 52.2 Å². The molecule has 0 aromatic carbocycles. The van der Waals surface area contributed by atoms with Crippen LogP contribution in [0.4, 0.5) is 0 Å². The predicted molar refractivity (Wildman–Crippen MR) is 108 cm³/mol. The van der Waals surface area contributed by atoms with Gasteiger partial charge >= 0.3 is 0 Å². The van der Waals surface area contributed by atoms with E-state index in [4.69, 9.17) is 12.2 Å². The lowest BCUT2D eigenvalue weighted by Gasteiger charge is -2.28. The molecule has 2 N–H and O–H groups in total. The summed E-state index contributed by atoms with van der Waals surface area (Å²) < 4.78 is 2.37. The highest BCUT2D eigenvalue weighted by atomic mass is 32.1. The number of nitrogens with zero attached hydrogens (tertiary/aromatic N) is 3. The molecule has 140 valence electrons. The zero-order valence-corrected chi connectivity index (χ0v) is 16.8. The minimum Gasteiger partial charge on any atom is -0.396 e. The van der Waals surface area contributed by atoms with Crippen LogP contribution in [0.1, 0.15) is 61.0 Å². The van der Waals surface area contributed by atoms with E-state index in [2.05, 4.69) is 53.5 Å². The third-order valence-electron chi connectivity index (χ3n) is 5.11. The predicted octanol–water partition coefficient (Wildman–Crippen LogP) is 3.44. The van der Waals surface area contributed by atoms with Crippen LogP contribution in [0.2, 0.25) is 0 Å². The van der Waals surface area contributed by atoms with Crippen molar-refractivity contribution in [1.82, 2.24) is 19.8 Å². The van der Waals surface area contributed by atoms with E-state index in [1.807, 2.05) is 24.4 Å². The van der Waals surface area contributed by atoms with Crippen molar-refractivity contribution in [2.24, 2.45) is 0 Å².